The van der Waals surface area contributed by atoms with Gasteiger partial charge in [-0.1, -0.05) is 19.3 Å². The first-order chi connectivity index (χ1) is 9.58. The number of aliphatic hydroxyl groups excluding tert-OH is 1. The van der Waals surface area contributed by atoms with Gasteiger partial charge in [-0.2, -0.15) is 0 Å². The van der Waals surface area contributed by atoms with Crippen LogP contribution in [0.2, 0.25) is 0 Å². The van der Waals surface area contributed by atoms with Crippen LogP contribution in [-0.2, 0) is 14.4 Å². The van der Waals surface area contributed by atoms with E-state index in [4.69, 9.17) is 0 Å². The highest BCUT2D eigenvalue weighted by atomic mass is 16.3. The van der Waals surface area contributed by atoms with Crippen molar-refractivity contribution in [2.24, 2.45) is 5.92 Å². The summed E-state index contributed by atoms with van der Waals surface area (Å²) in [5.41, 5.74) is 0. The van der Waals surface area contributed by atoms with E-state index in [1.54, 1.807) is 0 Å². The molecule has 1 saturated heterocycles. The van der Waals surface area contributed by atoms with E-state index in [0.717, 1.165) is 30.6 Å². The van der Waals surface area contributed by atoms with Crippen LogP contribution in [0.1, 0.15) is 44.9 Å². The second-order valence-electron chi connectivity index (χ2n) is 5.64. The zero-order chi connectivity index (χ0) is 14.5. The van der Waals surface area contributed by atoms with Crippen LogP contribution in [0.15, 0.2) is 0 Å². The molecule has 2 N–H and O–H groups in total. The van der Waals surface area contributed by atoms with Gasteiger partial charge in [-0.05, 0) is 18.8 Å². The monoisotopic (exact) mass is 282 g/mol. The van der Waals surface area contributed by atoms with Crippen molar-refractivity contribution in [2.75, 3.05) is 13.1 Å². The van der Waals surface area contributed by atoms with E-state index >= 15 is 0 Å². The van der Waals surface area contributed by atoms with E-state index in [2.05, 4.69) is 5.32 Å². The maximum absolute atomic E-state index is 11.7. The van der Waals surface area contributed by atoms with Crippen LogP contribution in [0, 0.1) is 5.92 Å². The molecule has 0 aromatic rings. The fourth-order valence-corrected chi connectivity index (χ4v) is 2.90. The highest BCUT2D eigenvalue weighted by molar-refractivity contribution is 6.04. The number of hydrogen-bond acceptors (Lipinski definition) is 4. The van der Waals surface area contributed by atoms with Crippen LogP contribution in [0.3, 0.4) is 0 Å². The van der Waals surface area contributed by atoms with Crippen molar-refractivity contribution < 1.29 is 19.5 Å². The highest BCUT2D eigenvalue weighted by Gasteiger charge is 2.30. The molecule has 20 heavy (non-hydrogen) atoms. The smallest absolute Gasteiger partial charge is 0.240 e. The summed E-state index contributed by atoms with van der Waals surface area (Å²) in [5.74, 6) is -0.724. The zero-order valence-electron chi connectivity index (χ0n) is 11.6. The number of nitrogens with one attached hydrogen (secondary N) is 1. The number of imide groups is 1. The summed E-state index contributed by atoms with van der Waals surface area (Å²) in [4.78, 5) is 35.5. The van der Waals surface area contributed by atoms with Crippen molar-refractivity contribution in [3.63, 3.8) is 0 Å². The van der Waals surface area contributed by atoms with Gasteiger partial charge >= 0.3 is 0 Å². The van der Waals surface area contributed by atoms with Gasteiger partial charge < -0.3 is 10.4 Å². The molecule has 1 aliphatic heterocycles. The largest absolute Gasteiger partial charge is 0.391 e. The van der Waals surface area contributed by atoms with Crippen molar-refractivity contribution in [2.45, 2.75) is 51.0 Å². The zero-order valence-corrected chi connectivity index (χ0v) is 11.6. The number of carbonyl (C=O) groups is 3. The van der Waals surface area contributed by atoms with Gasteiger partial charge in [0.15, 0.2) is 0 Å². The Labute approximate surface area is 118 Å². The first-order valence-electron chi connectivity index (χ1n) is 7.36. The lowest BCUT2D eigenvalue weighted by Gasteiger charge is -2.26. The second-order valence-corrected chi connectivity index (χ2v) is 5.64. The van der Waals surface area contributed by atoms with E-state index in [1.165, 1.54) is 6.42 Å². The predicted octanol–water partition coefficient (Wildman–Crippen LogP) is 0.193. The molecule has 0 aromatic carbocycles. The average Bonchev–Trinajstić information content (AvgIpc) is 2.77. The molecule has 0 aromatic heterocycles. The summed E-state index contributed by atoms with van der Waals surface area (Å²) >= 11 is 0. The van der Waals surface area contributed by atoms with Gasteiger partial charge in [-0.15, -0.1) is 0 Å². The Hall–Kier alpha value is -1.43. The van der Waals surface area contributed by atoms with Crippen molar-refractivity contribution in [1.82, 2.24) is 10.2 Å². The lowest BCUT2D eigenvalue weighted by Crippen LogP contribution is -2.43. The summed E-state index contributed by atoms with van der Waals surface area (Å²) in [6.07, 6.45) is 5.32. The number of rotatable bonds is 5. The first-order valence-corrected chi connectivity index (χ1v) is 7.36. The molecule has 1 heterocycles. The molecule has 1 aliphatic carbocycles. The molecule has 1 unspecified atom stereocenters. The fourth-order valence-electron chi connectivity index (χ4n) is 2.90. The van der Waals surface area contributed by atoms with Crippen LogP contribution in [0.4, 0.5) is 0 Å². The number of likely N-dealkylation sites (tertiary alicyclic amines) is 1. The maximum Gasteiger partial charge on any atom is 0.240 e. The van der Waals surface area contributed by atoms with E-state index in [-0.39, 0.29) is 49.6 Å². The minimum Gasteiger partial charge on any atom is -0.391 e. The van der Waals surface area contributed by atoms with E-state index in [1.807, 2.05) is 0 Å². The first kappa shape index (κ1) is 15.0. The van der Waals surface area contributed by atoms with Crippen molar-refractivity contribution in [3.8, 4) is 0 Å². The van der Waals surface area contributed by atoms with Crippen LogP contribution >= 0.6 is 0 Å². The number of hydrogen-bond donors (Lipinski definition) is 2. The van der Waals surface area contributed by atoms with Gasteiger partial charge in [-0.25, -0.2) is 0 Å². The third-order valence-corrected chi connectivity index (χ3v) is 4.16. The van der Waals surface area contributed by atoms with Crippen molar-refractivity contribution in [3.05, 3.63) is 0 Å². The quantitative estimate of drug-likeness (QED) is 0.705. The molecule has 2 aliphatic rings. The van der Waals surface area contributed by atoms with Crippen LogP contribution in [0.25, 0.3) is 0 Å². The van der Waals surface area contributed by atoms with Crippen molar-refractivity contribution in [1.29, 1.82) is 0 Å². The molecule has 0 bridgehead atoms. The fraction of sp³-hybridized carbons (Fsp3) is 0.786. The van der Waals surface area contributed by atoms with Gasteiger partial charge in [0.1, 0.15) is 6.54 Å². The number of amides is 3. The molecule has 0 spiro atoms. The molecular weight excluding hydrogens is 260 g/mol. The molecule has 1 saturated carbocycles. The summed E-state index contributed by atoms with van der Waals surface area (Å²) in [6, 6.07) is 0. The van der Waals surface area contributed by atoms with Gasteiger partial charge in [0.2, 0.25) is 17.7 Å². The Balaban J connectivity index is 1.71. The summed E-state index contributed by atoms with van der Waals surface area (Å²) < 4.78 is 0. The van der Waals surface area contributed by atoms with Crippen LogP contribution in [0.5, 0.6) is 0 Å². The van der Waals surface area contributed by atoms with Crippen molar-refractivity contribution >= 4 is 17.7 Å². The number of aliphatic hydroxyl groups is 1. The average molecular weight is 282 g/mol. The minimum absolute atomic E-state index is 0.191. The molecule has 3 amide bonds. The third-order valence-electron chi connectivity index (χ3n) is 4.16. The van der Waals surface area contributed by atoms with Gasteiger partial charge in [0.25, 0.3) is 0 Å². The topological polar surface area (TPSA) is 86.7 Å². The Morgan fingerprint density at radius 2 is 1.80 bits per heavy atom. The Morgan fingerprint density at radius 3 is 2.40 bits per heavy atom. The second kappa shape index (κ2) is 6.83. The third kappa shape index (κ3) is 3.79. The SMILES string of the molecule is O=C(CN1C(=O)CCC1=O)NCC(O)C1CCCCC1. The summed E-state index contributed by atoms with van der Waals surface area (Å²) in [5, 5.41) is 12.6. The van der Waals surface area contributed by atoms with Gasteiger partial charge in [0.05, 0.1) is 6.10 Å². The Bertz CT molecular complexity index is 375. The molecule has 2 rings (SSSR count). The Kier molecular flexibility index (Phi) is 5.11. The summed E-state index contributed by atoms with van der Waals surface area (Å²) in [7, 11) is 0. The molecule has 0 radical (unpaired) electrons. The van der Waals surface area contributed by atoms with E-state index < -0.39 is 6.10 Å². The molecule has 1 atom stereocenters. The molecule has 6 heteroatoms. The lowest BCUT2D eigenvalue weighted by molar-refractivity contribution is -0.142. The Morgan fingerprint density at radius 1 is 1.20 bits per heavy atom. The van der Waals surface area contributed by atoms with E-state index in [9.17, 15) is 19.5 Å². The highest BCUT2D eigenvalue weighted by Crippen LogP contribution is 2.26. The number of carbonyl (C=O) groups excluding carboxylic acids is 3. The van der Waals surface area contributed by atoms with E-state index in [0.29, 0.717) is 0 Å². The molecule has 2 fully saturated rings. The normalized spacial score (nSPS) is 22.1. The van der Waals surface area contributed by atoms with Gasteiger partial charge in [0, 0.05) is 19.4 Å². The van der Waals surface area contributed by atoms with Gasteiger partial charge in [-0.3, -0.25) is 19.3 Å². The molecule has 112 valence electrons. The minimum atomic E-state index is -0.538. The molecule has 6 nitrogen and oxygen atoms in total. The lowest BCUT2D eigenvalue weighted by atomic mass is 9.85. The standard InChI is InChI=1S/C14H22N2O4/c17-11(10-4-2-1-3-5-10)8-15-12(18)9-16-13(19)6-7-14(16)20/h10-11,17H,1-9H2,(H,15,18). The summed E-state index contributed by atoms with van der Waals surface area (Å²) in [6.45, 7) is -0.0330. The number of nitrogens with zero attached hydrogens (tertiary/aromatic N) is 1. The predicted molar refractivity (Wildman–Crippen MR) is 71.5 cm³/mol. The van der Waals surface area contributed by atoms with Crippen LogP contribution < -0.4 is 5.32 Å². The van der Waals surface area contributed by atoms with Crippen LogP contribution in [-0.4, -0.2) is 46.9 Å². The maximum atomic E-state index is 11.7. The molecular formula is C14H22N2O4.